The van der Waals surface area contributed by atoms with E-state index in [1.807, 2.05) is 25.9 Å². The maximum absolute atomic E-state index is 14.0. The number of hydrogen-bond donors (Lipinski definition) is 0. The first-order valence-electron chi connectivity index (χ1n) is 19.3. The van der Waals surface area contributed by atoms with Crippen molar-refractivity contribution in [3.63, 3.8) is 0 Å². The second-order valence-corrected chi connectivity index (χ2v) is 17.6. The van der Waals surface area contributed by atoms with E-state index < -0.39 is 5.97 Å². The number of carbonyl (C=O) groups excluding carboxylic acids is 3. The van der Waals surface area contributed by atoms with Crippen LogP contribution in [0.1, 0.15) is 142 Å². The number of esters is 1. The molecule has 0 saturated heterocycles. The lowest BCUT2D eigenvalue weighted by atomic mass is 9.47. The van der Waals surface area contributed by atoms with Crippen molar-refractivity contribution in [2.24, 2.45) is 46.3 Å². The number of Topliss-reactive ketones (excluding diaryl/α,β-unsaturated/α-hetero) is 1. The molecule has 8 atom stereocenters. The number of carbonyl (C=O) groups is 3. The maximum Gasteiger partial charge on any atom is 0.341 e. The molecule has 49 heavy (non-hydrogen) atoms. The van der Waals surface area contributed by atoms with Gasteiger partial charge in [-0.15, -0.1) is 0 Å². The highest BCUT2D eigenvalue weighted by molar-refractivity contribution is 6.26. The molecule has 0 radical (unpaired) electrons. The number of nitrogens with zero attached hydrogens (tertiary/aromatic N) is 2. The predicted molar refractivity (Wildman–Crippen MR) is 194 cm³/mol. The van der Waals surface area contributed by atoms with Crippen LogP contribution in [0.25, 0.3) is 0 Å². The van der Waals surface area contributed by atoms with Crippen molar-refractivity contribution >= 4 is 17.5 Å². The number of hydrogen-bond acceptors (Lipinski definition) is 6. The summed E-state index contributed by atoms with van der Waals surface area (Å²) in [6.45, 7) is 15.3. The summed E-state index contributed by atoms with van der Waals surface area (Å²) in [6.07, 6.45) is 16.8. The third kappa shape index (κ3) is 6.29. The summed E-state index contributed by atoms with van der Waals surface area (Å²) in [7, 11) is 5.31. The molecule has 5 aliphatic carbocycles. The van der Waals surface area contributed by atoms with Gasteiger partial charge in [-0.2, -0.15) is 0 Å². The van der Waals surface area contributed by atoms with E-state index in [1.54, 1.807) is 4.57 Å². The van der Waals surface area contributed by atoms with Crippen LogP contribution in [0.5, 0.6) is 0 Å². The van der Waals surface area contributed by atoms with Crippen molar-refractivity contribution in [3.05, 3.63) is 46.0 Å². The van der Waals surface area contributed by atoms with E-state index in [2.05, 4.69) is 40.7 Å². The van der Waals surface area contributed by atoms with Gasteiger partial charge in [0, 0.05) is 31.3 Å². The fraction of sp³-hybridized carbons (Fsp3) is 0.738. The van der Waals surface area contributed by atoms with Crippen LogP contribution in [0, 0.1) is 53.3 Å². The summed E-state index contributed by atoms with van der Waals surface area (Å²) >= 11 is 0. The Morgan fingerprint density at radius 2 is 1.80 bits per heavy atom. The van der Waals surface area contributed by atoms with Crippen LogP contribution >= 0.6 is 0 Å². The molecular weight excluding hydrogens is 612 g/mol. The standard InChI is InChI=1S/C42H62N2O5/c1-25(2)11-10-12-26(3)31-15-16-32-30-14-13-28-23-29(17-19-41(28,5)33(30)18-20-42(31,32)6)49-40(47)36-27(4)44(22-21-43(7)8)38-37(36)34(45)24-35(48-9)39(38)46/h13,24-26,29-33H,10-12,14-23H2,1-9H3/t26-,29+,30+,31-,32+,33+,41+,42-/m1/s1. The van der Waals surface area contributed by atoms with Gasteiger partial charge in [0.15, 0.2) is 11.5 Å². The van der Waals surface area contributed by atoms with Crippen molar-refractivity contribution in [1.29, 1.82) is 0 Å². The average molecular weight is 675 g/mol. The molecule has 0 aromatic carbocycles. The van der Waals surface area contributed by atoms with Crippen LogP contribution in [0.15, 0.2) is 23.5 Å². The van der Waals surface area contributed by atoms with Gasteiger partial charge >= 0.3 is 5.97 Å². The van der Waals surface area contributed by atoms with Crippen LogP contribution in [0.4, 0.5) is 0 Å². The first-order valence-corrected chi connectivity index (χ1v) is 19.3. The molecule has 3 fully saturated rings. The van der Waals surface area contributed by atoms with E-state index in [4.69, 9.17) is 9.47 Å². The molecule has 1 aromatic heterocycles. The zero-order valence-electron chi connectivity index (χ0n) is 31.8. The number of allylic oxidation sites excluding steroid dienone is 3. The van der Waals surface area contributed by atoms with Crippen LogP contribution < -0.4 is 0 Å². The smallest absolute Gasteiger partial charge is 0.341 e. The molecule has 0 amide bonds. The lowest BCUT2D eigenvalue weighted by Crippen LogP contribution is -2.51. The van der Waals surface area contributed by atoms with E-state index in [1.165, 1.54) is 63.7 Å². The van der Waals surface area contributed by atoms with Crippen LogP contribution in [0.2, 0.25) is 0 Å². The Morgan fingerprint density at radius 1 is 1.04 bits per heavy atom. The quantitative estimate of drug-likeness (QED) is 0.172. The largest absolute Gasteiger partial charge is 0.492 e. The number of ketones is 2. The third-order valence-corrected chi connectivity index (χ3v) is 14.2. The number of fused-ring (bicyclic) bond motifs is 6. The van der Waals surface area contributed by atoms with Crippen molar-refractivity contribution in [1.82, 2.24) is 9.47 Å². The van der Waals surface area contributed by atoms with Crippen molar-refractivity contribution < 1.29 is 23.9 Å². The molecule has 0 aliphatic heterocycles. The number of ether oxygens (including phenoxy) is 2. The van der Waals surface area contributed by atoms with Gasteiger partial charge in [-0.1, -0.05) is 65.5 Å². The van der Waals surface area contributed by atoms with Crippen molar-refractivity contribution in [2.75, 3.05) is 27.7 Å². The van der Waals surface area contributed by atoms with Gasteiger partial charge in [-0.3, -0.25) is 9.59 Å². The Balaban J connectivity index is 1.18. The monoisotopic (exact) mass is 674 g/mol. The fourth-order valence-corrected chi connectivity index (χ4v) is 11.5. The number of likely N-dealkylation sites (N-methyl/N-ethyl adjacent to an activating group) is 1. The summed E-state index contributed by atoms with van der Waals surface area (Å²) in [4.78, 5) is 42.8. The van der Waals surface area contributed by atoms with Gasteiger partial charge in [0.2, 0.25) is 5.78 Å². The Bertz CT molecular complexity index is 1530. The molecule has 3 saturated carbocycles. The Labute approximate surface area is 295 Å². The summed E-state index contributed by atoms with van der Waals surface area (Å²) in [5, 5.41) is 0. The van der Waals surface area contributed by atoms with E-state index >= 15 is 0 Å². The lowest BCUT2D eigenvalue weighted by molar-refractivity contribution is -0.0594. The normalized spacial score (nSPS) is 33.0. The van der Waals surface area contributed by atoms with E-state index in [0.717, 1.165) is 55.3 Å². The zero-order chi connectivity index (χ0) is 35.4. The summed E-state index contributed by atoms with van der Waals surface area (Å²) < 4.78 is 13.3. The molecule has 0 bridgehead atoms. The number of rotatable bonds is 11. The second kappa shape index (κ2) is 13.8. The van der Waals surface area contributed by atoms with Gasteiger partial charge in [-0.25, -0.2) is 4.79 Å². The van der Waals surface area contributed by atoms with E-state index in [-0.39, 0.29) is 45.7 Å². The van der Waals surface area contributed by atoms with Crippen LogP contribution in [-0.4, -0.2) is 60.9 Å². The van der Waals surface area contributed by atoms with E-state index in [9.17, 15) is 14.4 Å². The molecule has 7 nitrogen and oxygen atoms in total. The second-order valence-electron chi connectivity index (χ2n) is 17.6. The molecule has 1 heterocycles. The van der Waals surface area contributed by atoms with Gasteiger partial charge in [0.1, 0.15) is 11.8 Å². The molecule has 7 heteroatoms. The number of aromatic nitrogens is 1. The number of methoxy groups -OCH3 is 1. The average Bonchev–Trinajstić information content (AvgIpc) is 3.56. The molecular formula is C42H62N2O5. The first kappa shape index (κ1) is 36.1. The van der Waals surface area contributed by atoms with Gasteiger partial charge in [0.25, 0.3) is 0 Å². The topological polar surface area (TPSA) is 77.8 Å². The molecule has 5 aliphatic rings. The summed E-state index contributed by atoms with van der Waals surface area (Å²) in [5.74, 6) is 3.47. The highest BCUT2D eigenvalue weighted by Crippen LogP contribution is 2.67. The highest BCUT2D eigenvalue weighted by atomic mass is 16.5. The SMILES string of the molecule is COC1=CC(=O)c2c(C(=O)O[C@H]3CC[C@@]4(C)C(=CC[C@H]5[C@@H]6CC[C@H]([C@H](C)CCCC(C)C)[C@@]6(C)CC[C@@H]54)C3)c(C)n(CCN(C)C)c2C1=O. The third-order valence-electron chi connectivity index (χ3n) is 14.2. The molecule has 1 aromatic rings. The van der Waals surface area contributed by atoms with Crippen molar-refractivity contribution in [2.45, 2.75) is 125 Å². The highest BCUT2D eigenvalue weighted by Gasteiger charge is 2.59. The minimum Gasteiger partial charge on any atom is -0.492 e. The Hall–Kier alpha value is -2.67. The van der Waals surface area contributed by atoms with Gasteiger partial charge in [0.05, 0.1) is 18.2 Å². The first-order chi connectivity index (χ1) is 23.2. The minimum absolute atomic E-state index is 0.00225. The summed E-state index contributed by atoms with van der Waals surface area (Å²) in [6, 6.07) is 0. The minimum atomic E-state index is -0.497. The molecule has 0 unspecified atom stereocenters. The Morgan fingerprint density at radius 3 is 2.49 bits per heavy atom. The van der Waals surface area contributed by atoms with Gasteiger partial charge in [-0.05, 0) is 112 Å². The summed E-state index contributed by atoms with van der Waals surface area (Å²) in [5.41, 5.74) is 3.30. The molecule has 6 rings (SSSR count). The molecule has 270 valence electrons. The predicted octanol–water partition coefficient (Wildman–Crippen LogP) is 8.83. The molecule has 0 N–H and O–H groups in total. The fourth-order valence-electron chi connectivity index (χ4n) is 11.5. The molecule has 0 spiro atoms. The zero-order valence-corrected chi connectivity index (χ0v) is 31.8. The van der Waals surface area contributed by atoms with Gasteiger partial charge < -0.3 is 18.9 Å². The maximum atomic E-state index is 14.0. The van der Waals surface area contributed by atoms with Crippen LogP contribution in [0.3, 0.4) is 0 Å². The lowest BCUT2D eigenvalue weighted by Gasteiger charge is -2.58. The van der Waals surface area contributed by atoms with Crippen molar-refractivity contribution in [3.8, 4) is 0 Å². The Kier molecular flexibility index (Phi) is 10.2. The van der Waals surface area contributed by atoms with E-state index in [0.29, 0.717) is 30.1 Å². The van der Waals surface area contributed by atoms with Crippen LogP contribution in [-0.2, 0) is 16.0 Å².